The van der Waals surface area contributed by atoms with E-state index in [1.165, 1.54) is 11.1 Å². The van der Waals surface area contributed by atoms with Gasteiger partial charge in [0, 0.05) is 18.7 Å². The fraction of sp³-hybridized carbons (Fsp3) is 0.176. The predicted molar refractivity (Wildman–Crippen MR) is 97.9 cm³/mol. The molecule has 0 radical (unpaired) electrons. The molecule has 0 heterocycles. The van der Waals surface area contributed by atoms with Crippen LogP contribution in [0.3, 0.4) is 0 Å². The van der Waals surface area contributed by atoms with Gasteiger partial charge >= 0.3 is 0 Å². The van der Waals surface area contributed by atoms with Crippen molar-refractivity contribution in [3.05, 3.63) is 65.7 Å². The summed E-state index contributed by atoms with van der Waals surface area (Å²) < 4.78 is 0. The number of rotatable bonds is 5. The highest BCUT2D eigenvalue weighted by atomic mass is 32.1. The van der Waals surface area contributed by atoms with Gasteiger partial charge in [0.2, 0.25) is 0 Å². The zero-order chi connectivity index (χ0) is 15.1. The smallest absolute Gasteiger partial charge is 0.0800 e. The molecule has 2 aromatic rings. The van der Waals surface area contributed by atoms with Gasteiger partial charge in [0.25, 0.3) is 0 Å². The summed E-state index contributed by atoms with van der Waals surface area (Å²) in [5.41, 5.74) is 3.40. The monoisotopic (exact) mass is 314 g/mol. The largest absolute Gasteiger partial charge is 0.375 e. The van der Waals surface area contributed by atoms with E-state index in [4.69, 9.17) is 24.4 Å². The van der Waals surface area contributed by atoms with Crippen LogP contribution in [-0.2, 0) is 13.0 Å². The molecule has 0 saturated carbocycles. The Bertz CT molecular complexity index is 624. The summed E-state index contributed by atoms with van der Waals surface area (Å²) in [7, 11) is 0. The molecule has 0 aromatic heterocycles. The van der Waals surface area contributed by atoms with Crippen molar-refractivity contribution in [1.82, 2.24) is 5.32 Å². The normalized spacial score (nSPS) is 9.95. The maximum absolute atomic E-state index is 5.41. The zero-order valence-electron chi connectivity index (χ0n) is 11.9. The fourth-order valence-electron chi connectivity index (χ4n) is 2.01. The third-order valence-corrected chi connectivity index (χ3v) is 3.34. The Labute approximate surface area is 136 Å². The van der Waals surface area contributed by atoms with Crippen molar-refractivity contribution in [1.29, 1.82) is 0 Å². The number of hydrogen-bond donors (Lipinski definition) is 2. The number of anilines is 1. The van der Waals surface area contributed by atoms with Gasteiger partial charge < -0.3 is 10.6 Å². The van der Waals surface area contributed by atoms with Gasteiger partial charge in [-0.2, -0.15) is 0 Å². The Morgan fingerprint density at radius 2 is 1.67 bits per heavy atom. The van der Waals surface area contributed by atoms with E-state index in [0.29, 0.717) is 0 Å². The van der Waals surface area contributed by atoms with Crippen LogP contribution in [0.1, 0.15) is 18.1 Å². The van der Waals surface area contributed by atoms with E-state index in [-0.39, 0.29) is 0 Å². The molecule has 2 aromatic carbocycles. The highest BCUT2D eigenvalue weighted by molar-refractivity contribution is 7.80. The third-order valence-electron chi connectivity index (χ3n) is 2.94. The molecule has 0 atom stereocenters. The first-order valence-electron chi connectivity index (χ1n) is 6.80. The van der Waals surface area contributed by atoms with Crippen LogP contribution in [0.2, 0.25) is 0 Å². The van der Waals surface area contributed by atoms with E-state index in [9.17, 15) is 0 Å². The van der Waals surface area contributed by atoms with E-state index in [1.807, 2.05) is 37.3 Å². The Hall–Kier alpha value is -1.78. The molecule has 0 spiro atoms. The number of benzene rings is 2. The van der Waals surface area contributed by atoms with E-state index in [0.717, 1.165) is 28.6 Å². The van der Waals surface area contributed by atoms with Gasteiger partial charge in [-0.15, -0.1) is 0 Å². The first-order chi connectivity index (χ1) is 10.1. The van der Waals surface area contributed by atoms with Gasteiger partial charge in [-0.25, -0.2) is 0 Å². The van der Waals surface area contributed by atoms with Gasteiger partial charge in [0.05, 0.1) is 9.98 Å². The fourth-order valence-corrected chi connectivity index (χ4v) is 2.36. The summed E-state index contributed by atoms with van der Waals surface area (Å²) >= 11 is 10.5. The summed E-state index contributed by atoms with van der Waals surface area (Å²) in [4.78, 5) is 1.60. The number of hydrogen-bond acceptors (Lipinski definition) is 2. The van der Waals surface area contributed by atoms with Crippen molar-refractivity contribution in [2.24, 2.45) is 0 Å². The average Bonchev–Trinajstić information content (AvgIpc) is 2.46. The van der Waals surface area contributed by atoms with Gasteiger partial charge in [-0.3, -0.25) is 0 Å². The Kier molecular flexibility index (Phi) is 5.84. The van der Waals surface area contributed by atoms with Crippen molar-refractivity contribution in [2.75, 3.05) is 5.32 Å². The van der Waals surface area contributed by atoms with Gasteiger partial charge in [-0.05, 0) is 30.2 Å². The lowest BCUT2D eigenvalue weighted by Gasteiger charge is -2.10. The summed E-state index contributed by atoms with van der Waals surface area (Å²) in [6.45, 7) is 2.63. The molecule has 0 aliphatic carbocycles. The van der Waals surface area contributed by atoms with Crippen LogP contribution in [0.25, 0.3) is 0 Å². The standard InChI is InChI=1S/C17H18N2S2/c1-13(20)19-16-9-5-8-15(10-16)11-17(21)18-12-14-6-3-2-4-7-14/h2-10H,11-12H2,1H3,(H,18,21)(H,19,20). The Morgan fingerprint density at radius 1 is 0.952 bits per heavy atom. The molecule has 0 unspecified atom stereocenters. The van der Waals surface area contributed by atoms with E-state index >= 15 is 0 Å². The highest BCUT2D eigenvalue weighted by Gasteiger charge is 2.01. The molecule has 0 amide bonds. The summed E-state index contributed by atoms with van der Waals surface area (Å²) in [6, 6.07) is 18.4. The van der Waals surface area contributed by atoms with Crippen LogP contribution in [0.15, 0.2) is 54.6 Å². The van der Waals surface area contributed by atoms with Crippen molar-refractivity contribution in [2.45, 2.75) is 19.9 Å². The number of thiocarbonyl (C=S) groups is 2. The van der Waals surface area contributed by atoms with Gasteiger partial charge in [-0.1, -0.05) is 66.9 Å². The first kappa shape index (κ1) is 15.6. The van der Waals surface area contributed by atoms with E-state index in [2.05, 4.69) is 34.9 Å². The molecule has 108 valence electrons. The van der Waals surface area contributed by atoms with Crippen LogP contribution in [0, 0.1) is 0 Å². The lowest BCUT2D eigenvalue weighted by Crippen LogP contribution is -2.22. The molecule has 2 rings (SSSR count). The second kappa shape index (κ2) is 7.86. The molecule has 2 N–H and O–H groups in total. The van der Waals surface area contributed by atoms with Crippen molar-refractivity contribution < 1.29 is 0 Å². The minimum absolute atomic E-state index is 0.730. The molecule has 0 bridgehead atoms. The maximum atomic E-state index is 5.41. The molecule has 0 aliphatic heterocycles. The molecular weight excluding hydrogens is 296 g/mol. The lowest BCUT2D eigenvalue weighted by molar-refractivity contribution is 0.912. The average molecular weight is 314 g/mol. The quantitative estimate of drug-likeness (QED) is 0.811. The number of nitrogens with one attached hydrogen (secondary N) is 2. The third kappa shape index (κ3) is 5.61. The zero-order valence-corrected chi connectivity index (χ0v) is 13.6. The molecular formula is C17H18N2S2. The summed E-state index contributed by atoms with van der Waals surface area (Å²) in [6.07, 6.45) is 0.730. The topological polar surface area (TPSA) is 24.1 Å². The second-order valence-corrected chi connectivity index (χ2v) is 5.93. The van der Waals surface area contributed by atoms with E-state index in [1.54, 1.807) is 0 Å². The minimum Gasteiger partial charge on any atom is -0.375 e. The maximum Gasteiger partial charge on any atom is 0.0800 e. The molecule has 0 saturated heterocycles. The van der Waals surface area contributed by atoms with Crippen LogP contribution in [0.5, 0.6) is 0 Å². The Morgan fingerprint density at radius 3 is 2.38 bits per heavy atom. The second-order valence-electron chi connectivity index (χ2n) is 4.82. The summed E-state index contributed by atoms with van der Waals surface area (Å²) in [5, 5.41) is 6.44. The SMILES string of the molecule is CC(=S)Nc1cccc(CC(=S)NCc2ccccc2)c1. The summed E-state index contributed by atoms with van der Waals surface area (Å²) in [5.74, 6) is 0. The predicted octanol–water partition coefficient (Wildman–Crippen LogP) is 4.11. The van der Waals surface area contributed by atoms with Crippen molar-refractivity contribution in [3.8, 4) is 0 Å². The van der Waals surface area contributed by atoms with Gasteiger partial charge in [0.1, 0.15) is 0 Å². The van der Waals surface area contributed by atoms with Crippen LogP contribution < -0.4 is 10.6 Å². The first-order valence-corrected chi connectivity index (χ1v) is 7.62. The molecule has 2 nitrogen and oxygen atoms in total. The van der Waals surface area contributed by atoms with Crippen LogP contribution in [0.4, 0.5) is 5.69 Å². The minimum atomic E-state index is 0.730. The van der Waals surface area contributed by atoms with E-state index < -0.39 is 0 Å². The van der Waals surface area contributed by atoms with Crippen molar-refractivity contribution >= 4 is 40.1 Å². The Balaban J connectivity index is 1.89. The molecule has 0 fully saturated rings. The van der Waals surface area contributed by atoms with Crippen LogP contribution in [-0.4, -0.2) is 9.98 Å². The molecule has 0 aliphatic rings. The van der Waals surface area contributed by atoms with Gasteiger partial charge in [0.15, 0.2) is 0 Å². The van der Waals surface area contributed by atoms with Crippen LogP contribution >= 0.6 is 24.4 Å². The lowest BCUT2D eigenvalue weighted by atomic mass is 10.1. The molecule has 4 heteroatoms. The molecule has 21 heavy (non-hydrogen) atoms. The highest BCUT2D eigenvalue weighted by Crippen LogP contribution is 2.12. The van der Waals surface area contributed by atoms with Crippen molar-refractivity contribution in [3.63, 3.8) is 0 Å².